The average Bonchev–Trinajstić information content (AvgIpc) is 2.61. The molecule has 13 heteroatoms. The van der Waals surface area contributed by atoms with E-state index in [0.717, 1.165) is 0 Å². The lowest BCUT2D eigenvalue weighted by molar-refractivity contribution is -0.276. The molecule has 29 heavy (non-hydrogen) atoms. The van der Waals surface area contributed by atoms with Crippen LogP contribution in [0.15, 0.2) is 24.3 Å². The number of hydrogen-bond donors (Lipinski definition) is 7. The summed E-state index contributed by atoms with van der Waals surface area (Å²) in [5, 5.41) is 35.2. The maximum atomic E-state index is 11.7. The van der Waals surface area contributed by atoms with Gasteiger partial charge in [0.05, 0.1) is 6.61 Å². The van der Waals surface area contributed by atoms with E-state index in [0.29, 0.717) is 5.69 Å². The lowest BCUT2D eigenvalue weighted by Crippen LogP contribution is -2.60. The fraction of sp³-hybridized carbons (Fsp3) is 0.562. The number of phosphoric acid groups is 1. The highest BCUT2D eigenvalue weighted by molar-refractivity contribution is 7.46. The monoisotopic (exact) mass is 436 g/mol. The van der Waals surface area contributed by atoms with Gasteiger partial charge in [0.25, 0.3) is 0 Å². The standard InChI is InChI=1S/C16H25N2O10P/c1-8(2)17-16(22)18-9-3-5-10(6-4-9)27-15-14(21)13(20)12(19)11(28-15)7-26-29(23,24)25/h3-6,8,11-15,19-21H,7H2,1-2H3,(H2,17,18,22)(H2,23,24,25)/t11-,12-,13+,14+,15+/m1/s1. The highest BCUT2D eigenvalue weighted by Gasteiger charge is 2.45. The minimum atomic E-state index is -4.82. The summed E-state index contributed by atoms with van der Waals surface area (Å²) in [5.74, 6) is 0.210. The zero-order chi connectivity index (χ0) is 21.8. The van der Waals surface area contributed by atoms with Crippen molar-refractivity contribution in [2.45, 2.75) is 50.6 Å². The van der Waals surface area contributed by atoms with Crippen LogP contribution in [0.4, 0.5) is 10.5 Å². The van der Waals surface area contributed by atoms with Crippen LogP contribution in [-0.4, -0.2) is 74.5 Å². The first-order chi connectivity index (χ1) is 13.5. The van der Waals surface area contributed by atoms with Crippen molar-refractivity contribution in [2.75, 3.05) is 11.9 Å². The quantitative estimate of drug-likeness (QED) is 0.275. The van der Waals surface area contributed by atoms with Crippen molar-refractivity contribution in [2.24, 2.45) is 0 Å². The number of ether oxygens (including phenoxy) is 2. The molecule has 2 rings (SSSR count). The van der Waals surface area contributed by atoms with Gasteiger partial charge in [0.1, 0.15) is 30.2 Å². The number of amides is 2. The van der Waals surface area contributed by atoms with Crippen LogP contribution in [0.25, 0.3) is 0 Å². The molecule has 0 spiro atoms. The molecule has 12 nitrogen and oxygen atoms in total. The first-order valence-electron chi connectivity index (χ1n) is 8.70. The van der Waals surface area contributed by atoms with Gasteiger partial charge in [-0.05, 0) is 38.1 Å². The molecule has 2 amide bonds. The Bertz CT molecular complexity index is 725. The fourth-order valence-corrected chi connectivity index (χ4v) is 2.84. The highest BCUT2D eigenvalue weighted by Crippen LogP contribution is 2.37. The van der Waals surface area contributed by atoms with Crippen LogP contribution in [0.5, 0.6) is 5.75 Å². The average molecular weight is 436 g/mol. The molecular weight excluding hydrogens is 411 g/mol. The van der Waals surface area contributed by atoms with E-state index in [-0.39, 0.29) is 17.8 Å². The Balaban J connectivity index is 1.99. The summed E-state index contributed by atoms with van der Waals surface area (Å²) in [6.07, 6.45) is -7.78. The molecule has 1 aromatic carbocycles. The number of urea groups is 1. The molecule has 5 atom stereocenters. The predicted molar refractivity (Wildman–Crippen MR) is 99.0 cm³/mol. The molecule has 0 unspecified atom stereocenters. The molecule has 0 aromatic heterocycles. The Hall–Kier alpha value is -1.76. The second-order valence-corrected chi connectivity index (χ2v) is 7.94. The Morgan fingerprint density at radius 2 is 1.76 bits per heavy atom. The van der Waals surface area contributed by atoms with Gasteiger partial charge in [0.15, 0.2) is 0 Å². The molecule has 0 radical (unpaired) electrons. The van der Waals surface area contributed by atoms with Gasteiger partial charge in [0.2, 0.25) is 6.29 Å². The second-order valence-electron chi connectivity index (χ2n) is 6.70. The van der Waals surface area contributed by atoms with Crippen molar-refractivity contribution in [1.29, 1.82) is 0 Å². The number of anilines is 1. The van der Waals surface area contributed by atoms with Crippen molar-refractivity contribution in [3.05, 3.63) is 24.3 Å². The van der Waals surface area contributed by atoms with Gasteiger partial charge in [-0.3, -0.25) is 4.52 Å². The lowest BCUT2D eigenvalue weighted by atomic mass is 9.99. The molecule has 1 saturated heterocycles. The predicted octanol–water partition coefficient (Wildman–Crippen LogP) is -0.488. The summed E-state index contributed by atoms with van der Waals surface area (Å²) in [6, 6.07) is 5.59. The first kappa shape index (κ1) is 23.5. The van der Waals surface area contributed by atoms with E-state index < -0.39 is 45.1 Å². The van der Waals surface area contributed by atoms with Gasteiger partial charge < -0.3 is 45.2 Å². The molecular formula is C16H25N2O10P. The molecule has 0 saturated carbocycles. The van der Waals surface area contributed by atoms with E-state index in [9.17, 15) is 24.7 Å². The van der Waals surface area contributed by atoms with E-state index >= 15 is 0 Å². The van der Waals surface area contributed by atoms with Gasteiger partial charge in [-0.25, -0.2) is 9.36 Å². The lowest BCUT2D eigenvalue weighted by Gasteiger charge is -2.40. The number of rotatable bonds is 7. The van der Waals surface area contributed by atoms with E-state index in [2.05, 4.69) is 15.2 Å². The topological polar surface area (TPSA) is 187 Å². The smallest absolute Gasteiger partial charge is 0.462 e. The molecule has 1 aliphatic heterocycles. The zero-order valence-electron chi connectivity index (χ0n) is 15.7. The van der Waals surface area contributed by atoms with Crippen LogP contribution in [-0.2, 0) is 13.8 Å². The Morgan fingerprint density at radius 1 is 1.14 bits per heavy atom. The number of aliphatic hydroxyl groups is 3. The van der Waals surface area contributed by atoms with E-state index in [1.165, 1.54) is 24.3 Å². The summed E-state index contributed by atoms with van der Waals surface area (Å²) in [6.45, 7) is 2.90. The van der Waals surface area contributed by atoms with Crippen molar-refractivity contribution in [3.63, 3.8) is 0 Å². The van der Waals surface area contributed by atoms with Gasteiger partial charge in [-0.1, -0.05) is 0 Å². The Kier molecular flexibility index (Phi) is 7.97. The molecule has 1 heterocycles. The van der Waals surface area contributed by atoms with E-state index in [4.69, 9.17) is 19.3 Å². The minimum absolute atomic E-state index is 0.0354. The number of carbonyl (C=O) groups is 1. The van der Waals surface area contributed by atoms with Gasteiger partial charge in [0, 0.05) is 11.7 Å². The van der Waals surface area contributed by atoms with Crippen LogP contribution in [0, 0.1) is 0 Å². The minimum Gasteiger partial charge on any atom is -0.462 e. The van der Waals surface area contributed by atoms with Crippen molar-refractivity contribution in [1.82, 2.24) is 5.32 Å². The number of benzene rings is 1. The molecule has 7 N–H and O–H groups in total. The van der Waals surface area contributed by atoms with Gasteiger partial charge in [-0.2, -0.15) is 0 Å². The number of aliphatic hydroxyl groups excluding tert-OH is 3. The number of phosphoric ester groups is 1. The fourth-order valence-electron chi connectivity index (χ4n) is 2.50. The molecule has 0 bridgehead atoms. The van der Waals surface area contributed by atoms with Crippen LogP contribution in [0.2, 0.25) is 0 Å². The molecule has 1 aliphatic rings. The number of carbonyl (C=O) groups excluding carboxylic acids is 1. The number of hydrogen-bond acceptors (Lipinski definition) is 8. The SMILES string of the molecule is CC(C)NC(=O)Nc1ccc(O[C@H]2O[C@H](COP(=O)(O)O)[C@@H](O)[C@H](O)[C@@H]2O)cc1. The second kappa shape index (κ2) is 9.83. The molecule has 1 aromatic rings. The Labute approximate surface area is 166 Å². The normalized spacial score (nSPS) is 27.5. The maximum Gasteiger partial charge on any atom is 0.469 e. The van der Waals surface area contributed by atoms with Crippen LogP contribution in [0.1, 0.15) is 13.8 Å². The summed E-state index contributed by atoms with van der Waals surface area (Å²) in [5.41, 5.74) is 0.476. The van der Waals surface area contributed by atoms with E-state index in [1.54, 1.807) is 0 Å². The van der Waals surface area contributed by atoms with Gasteiger partial charge >= 0.3 is 13.9 Å². The third kappa shape index (κ3) is 7.21. The summed E-state index contributed by atoms with van der Waals surface area (Å²) in [7, 11) is -4.82. The molecule has 0 aliphatic carbocycles. The summed E-state index contributed by atoms with van der Waals surface area (Å²) in [4.78, 5) is 29.2. The van der Waals surface area contributed by atoms with Crippen LogP contribution < -0.4 is 15.4 Å². The third-order valence-corrected chi connectivity index (χ3v) is 4.35. The van der Waals surface area contributed by atoms with Crippen molar-refractivity contribution in [3.8, 4) is 5.75 Å². The third-order valence-electron chi connectivity index (χ3n) is 3.86. The molecule has 1 fully saturated rings. The Morgan fingerprint density at radius 3 is 2.31 bits per heavy atom. The van der Waals surface area contributed by atoms with Gasteiger partial charge in [-0.15, -0.1) is 0 Å². The zero-order valence-corrected chi connectivity index (χ0v) is 16.6. The number of nitrogens with one attached hydrogen (secondary N) is 2. The van der Waals surface area contributed by atoms with Crippen LogP contribution >= 0.6 is 7.82 Å². The first-order valence-corrected chi connectivity index (χ1v) is 10.2. The summed E-state index contributed by atoms with van der Waals surface area (Å²) < 4.78 is 25.9. The van der Waals surface area contributed by atoms with Crippen molar-refractivity contribution >= 4 is 19.5 Å². The highest BCUT2D eigenvalue weighted by atomic mass is 31.2. The molecule has 164 valence electrons. The maximum absolute atomic E-state index is 11.7. The van der Waals surface area contributed by atoms with Crippen molar-refractivity contribution < 1.29 is 48.5 Å². The summed E-state index contributed by atoms with van der Waals surface area (Å²) >= 11 is 0. The van der Waals surface area contributed by atoms with E-state index in [1.807, 2.05) is 13.8 Å². The van der Waals surface area contributed by atoms with Crippen LogP contribution in [0.3, 0.4) is 0 Å². The largest absolute Gasteiger partial charge is 0.469 e.